The minimum absolute atomic E-state index is 0.222. The Morgan fingerprint density at radius 2 is 1.95 bits per heavy atom. The normalized spacial score (nSPS) is 18.2. The summed E-state index contributed by atoms with van der Waals surface area (Å²) in [5.41, 5.74) is 7.36. The van der Waals surface area contributed by atoms with Crippen molar-refractivity contribution in [1.29, 1.82) is 0 Å². The highest BCUT2D eigenvalue weighted by Gasteiger charge is 2.29. The average molecular weight is 294 g/mol. The van der Waals surface area contributed by atoms with Gasteiger partial charge >= 0.3 is 0 Å². The number of benzene rings is 2. The van der Waals surface area contributed by atoms with Gasteiger partial charge in [0.2, 0.25) is 0 Å². The van der Waals surface area contributed by atoms with E-state index in [-0.39, 0.29) is 6.04 Å². The first kappa shape index (κ1) is 13.0. The Bertz CT molecular complexity index is 777. The van der Waals surface area contributed by atoms with Gasteiger partial charge in [0.25, 0.3) is 0 Å². The lowest BCUT2D eigenvalue weighted by Crippen LogP contribution is -2.31. The van der Waals surface area contributed by atoms with Crippen LogP contribution in [0.4, 0.5) is 0 Å². The molecule has 3 N–H and O–H groups in total. The van der Waals surface area contributed by atoms with Crippen LogP contribution in [0.1, 0.15) is 35.1 Å². The molecule has 2 aromatic carbocycles. The van der Waals surface area contributed by atoms with Gasteiger partial charge in [-0.2, -0.15) is 0 Å². The minimum atomic E-state index is 0.222. The van der Waals surface area contributed by atoms with Crippen LogP contribution >= 0.6 is 11.3 Å². The van der Waals surface area contributed by atoms with Gasteiger partial charge in [0.1, 0.15) is 0 Å². The molecule has 0 fully saturated rings. The fraction of sp³-hybridized carbons (Fsp3) is 0.222. The monoisotopic (exact) mass is 294 g/mol. The molecular weight excluding hydrogens is 276 g/mol. The molecule has 0 saturated heterocycles. The largest absolute Gasteiger partial charge is 0.271 e. The number of hydrogen-bond donors (Lipinski definition) is 2. The third kappa shape index (κ3) is 2.18. The maximum atomic E-state index is 5.86. The first-order valence-corrected chi connectivity index (χ1v) is 8.25. The Balaban J connectivity index is 1.62. The molecule has 2 unspecified atom stereocenters. The molecule has 0 radical (unpaired) electrons. The molecule has 0 aliphatic heterocycles. The van der Waals surface area contributed by atoms with Crippen LogP contribution in [-0.4, -0.2) is 0 Å². The number of rotatable bonds is 4. The maximum absolute atomic E-state index is 5.86. The molecule has 0 bridgehead atoms. The Kier molecular flexibility index (Phi) is 3.26. The predicted molar refractivity (Wildman–Crippen MR) is 89.4 cm³/mol. The van der Waals surface area contributed by atoms with Gasteiger partial charge in [-0.15, -0.1) is 11.3 Å². The molecule has 1 aliphatic carbocycles. The summed E-state index contributed by atoms with van der Waals surface area (Å²) in [6, 6.07) is 17.5. The highest BCUT2D eigenvalue weighted by molar-refractivity contribution is 7.17. The lowest BCUT2D eigenvalue weighted by molar-refractivity contribution is 0.438. The Morgan fingerprint density at radius 3 is 2.81 bits per heavy atom. The lowest BCUT2D eigenvalue weighted by Gasteiger charge is -2.33. The zero-order valence-corrected chi connectivity index (χ0v) is 12.6. The first-order valence-electron chi connectivity index (χ1n) is 7.37. The third-order valence-corrected chi connectivity index (χ3v) is 5.55. The van der Waals surface area contributed by atoms with Gasteiger partial charge in [-0.05, 0) is 52.3 Å². The second kappa shape index (κ2) is 5.26. The van der Waals surface area contributed by atoms with E-state index >= 15 is 0 Å². The summed E-state index contributed by atoms with van der Waals surface area (Å²) >= 11 is 1.80. The van der Waals surface area contributed by atoms with Crippen molar-refractivity contribution in [2.75, 3.05) is 0 Å². The fourth-order valence-electron chi connectivity index (χ4n) is 3.41. The summed E-state index contributed by atoms with van der Waals surface area (Å²) in [5, 5.41) is 3.58. The number of nitrogens with two attached hydrogens (primary N) is 1. The van der Waals surface area contributed by atoms with Gasteiger partial charge in [0, 0.05) is 10.7 Å². The van der Waals surface area contributed by atoms with Crippen molar-refractivity contribution in [3.8, 4) is 0 Å². The lowest BCUT2D eigenvalue weighted by atomic mass is 9.74. The summed E-state index contributed by atoms with van der Waals surface area (Å²) in [6.45, 7) is 0. The van der Waals surface area contributed by atoms with E-state index in [0.29, 0.717) is 5.92 Å². The molecule has 2 nitrogen and oxygen atoms in total. The summed E-state index contributed by atoms with van der Waals surface area (Å²) in [4.78, 5) is 0. The van der Waals surface area contributed by atoms with E-state index in [1.807, 2.05) is 0 Å². The van der Waals surface area contributed by atoms with Gasteiger partial charge in [-0.3, -0.25) is 11.3 Å². The Morgan fingerprint density at radius 1 is 1.14 bits per heavy atom. The van der Waals surface area contributed by atoms with Crippen molar-refractivity contribution >= 4 is 21.4 Å². The van der Waals surface area contributed by atoms with Crippen LogP contribution < -0.4 is 11.3 Å². The Hall–Kier alpha value is -1.68. The van der Waals surface area contributed by atoms with Crippen LogP contribution in [0, 0.1) is 0 Å². The van der Waals surface area contributed by atoms with E-state index in [2.05, 4.69) is 59.3 Å². The minimum Gasteiger partial charge on any atom is -0.271 e. The maximum Gasteiger partial charge on any atom is 0.0480 e. The molecule has 1 heterocycles. The van der Waals surface area contributed by atoms with Crippen molar-refractivity contribution in [2.24, 2.45) is 5.84 Å². The molecule has 106 valence electrons. The summed E-state index contributed by atoms with van der Waals surface area (Å²) in [5.74, 6) is 6.48. The van der Waals surface area contributed by atoms with Crippen molar-refractivity contribution in [2.45, 2.75) is 24.8 Å². The van der Waals surface area contributed by atoms with Crippen LogP contribution in [0.5, 0.6) is 0 Å². The van der Waals surface area contributed by atoms with E-state index in [9.17, 15) is 0 Å². The third-order valence-electron chi connectivity index (χ3n) is 4.57. The molecule has 3 aromatic rings. The van der Waals surface area contributed by atoms with Crippen LogP contribution in [0.2, 0.25) is 0 Å². The van der Waals surface area contributed by atoms with Crippen LogP contribution in [0.3, 0.4) is 0 Å². The fourth-order valence-corrected chi connectivity index (χ4v) is 4.43. The van der Waals surface area contributed by atoms with Crippen molar-refractivity contribution < 1.29 is 0 Å². The molecule has 0 spiro atoms. The molecule has 4 rings (SSSR count). The van der Waals surface area contributed by atoms with E-state index in [1.165, 1.54) is 33.2 Å². The standard InChI is InChI=1S/C18H18N2S/c19-20-17(10-13-9-12-5-1-2-6-14(12)13)16-11-21-18-8-4-3-7-15(16)18/h1-8,11,13,17,20H,9-10,19H2. The smallest absolute Gasteiger partial charge is 0.0480 e. The highest BCUT2D eigenvalue weighted by Crippen LogP contribution is 2.42. The van der Waals surface area contributed by atoms with E-state index in [0.717, 1.165) is 6.42 Å². The van der Waals surface area contributed by atoms with Gasteiger partial charge in [0.15, 0.2) is 0 Å². The summed E-state index contributed by atoms with van der Waals surface area (Å²) in [6.07, 6.45) is 2.24. The van der Waals surface area contributed by atoms with E-state index < -0.39 is 0 Å². The summed E-state index contributed by atoms with van der Waals surface area (Å²) in [7, 11) is 0. The summed E-state index contributed by atoms with van der Waals surface area (Å²) < 4.78 is 1.33. The van der Waals surface area contributed by atoms with Crippen molar-refractivity contribution in [3.63, 3.8) is 0 Å². The molecule has 21 heavy (non-hydrogen) atoms. The van der Waals surface area contributed by atoms with Crippen molar-refractivity contribution in [1.82, 2.24) is 5.43 Å². The molecule has 0 amide bonds. The number of fused-ring (bicyclic) bond motifs is 2. The van der Waals surface area contributed by atoms with E-state index in [1.54, 1.807) is 11.3 Å². The topological polar surface area (TPSA) is 38.0 Å². The molecule has 1 aromatic heterocycles. The zero-order valence-electron chi connectivity index (χ0n) is 11.8. The quantitative estimate of drug-likeness (QED) is 0.561. The zero-order chi connectivity index (χ0) is 14.2. The average Bonchev–Trinajstić information content (AvgIpc) is 2.93. The number of hydrazine groups is 1. The highest BCUT2D eigenvalue weighted by atomic mass is 32.1. The first-order chi connectivity index (χ1) is 10.4. The van der Waals surface area contributed by atoms with Crippen molar-refractivity contribution in [3.05, 3.63) is 70.6 Å². The van der Waals surface area contributed by atoms with Crippen LogP contribution in [0.15, 0.2) is 53.9 Å². The molecular formula is C18H18N2S. The molecule has 3 heteroatoms. The second-order valence-corrected chi connectivity index (χ2v) is 6.65. The molecule has 0 saturated carbocycles. The van der Waals surface area contributed by atoms with Crippen LogP contribution in [-0.2, 0) is 6.42 Å². The Labute approximate surface area is 128 Å². The molecule has 1 aliphatic rings. The van der Waals surface area contributed by atoms with Gasteiger partial charge in [-0.25, -0.2) is 0 Å². The number of hydrogen-bond acceptors (Lipinski definition) is 3. The van der Waals surface area contributed by atoms with E-state index in [4.69, 9.17) is 5.84 Å². The van der Waals surface area contributed by atoms with Gasteiger partial charge in [-0.1, -0.05) is 42.5 Å². The molecule has 2 atom stereocenters. The number of thiophene rings is 1. The van der Waals surface area contributed by atoms with Gasteiger partial charge < -0.3 is 0 Å². The predicted octanol–water partition coefficient (Wildman–Crippen LogP) is 4.14. The SMILES string of the molecule is NNC(CC1Cc2ccccc21)c1csc2ccccc12. The van der Waals surface area contributed by atoms with Gasteiger partial charge in [0.05, 0.1) is 0 Å². The van der Waals surface area contributed by atoms with Crippen LogP contribution in [0.25, 0.3) is 10.1 Å². The second-order valence-electron chi connectivity index (χ2n) is 5.74. The number of nitrogens with one attached hydrogen (secondary N) is 1.